The van der Waals surface area contributed by atoms with E-state index in [-0.39, 0.29) is 22.9 Å². The van der Waals surface area contributed by atoms with Gasteiger partial charge in [-0.25, -0.2) is 13.2 Å². The Bertz CT molecular complexity index is 1070. The maximum absolute atomic E-state index is 13.5. The molecule has 0 bridgehead atoms. The Kier molecular flexibility index (Phi) is 6.54. The van der Waals surface area contributed by atoms with Gasteiger partial charge >= 0.3 is 5.97 Å². The van der Waals surface area contributed by atoms with E-state index in [1.165, 1.54) is 56.9 Å². The van der Waals surface area contributed by atoms with Gasteiger partial charge in [0.25, 0.3) is 10.0 Å². The van der Waals surface area contributed by atoms with Crippen molar-refractivity contribution in [3.8, 4) is 5.75 Å². The second kappa shape index (κ2) is 8.97. The lowest BCUT2D eigenvalue weighted by Gasteiger charge is -2.36. The van der Waals surface area contributed by atoms with Crippen molar-refractivity contribution in [3.63, 3.8) is 0 Å². The molecule has 8 nitrogen and oxygen atoms in total. The van der Waals surface area contributed by atoms with Crippen LogP contribution in [0.3, 0.4) is 0 Å². The first-order valence-corrected chi connectivity index (χ1v) is 11.2. The molecule has 166 valence electrons. The van der Waals surface area contributed by atoms with Gasteiger partial charge in [-0.2, -0.15) is 0 Å². The number of ketones is 1. The number of methoxy groups -OCH3 is 1. The van der Waals surface area contributed by atoms with Gasteiger partial charge in [0.2, 0.25) is 0 Å². The van der Waals surface area contributed by atoms with Crippen LogP contribution in [0.1, 0.15) is 32.3 Å². The van der Waals surface area contributed by atoms with E-state index in [2.05, 4.69) is 0 Å². The van der Waals surface area contributed by atoms with Crippen LogP contribution in [0, 0.1) is 5.92 Å². The average molecular weight is 448 g/mol. The molecule has 2 heterocycles. The molecule has 0 spiro atoms. The van der Waals surface area contributed by atoms with Gasteiger partial charge in [-0.1, -0.05) is 0 Å². The fourth-order valence-electron chi connectivity index (χ4n) is 3.48. The van der Waals surface area contributed by atoms with Crippen LogP contribution in [0.15, 0.2) is 63.9 Å². The Morgan fingerprint density at radius 3 is 2.35 bits per heavy atom. The van der Waals surface area contributed by atoms with Crippen LogP contribution in [0.4, 0.5) is 0 Å². The topological polar surface area (TPSA) is 103 Å². The van der Waals surface area contributed by atoms with Gasteiger partial charge in [0.1, 0.15) is 17.2 Å². The van der Waals surface area contributed by atoms with Crippen LogP contribution < -0.4 is 4.74 Å². The fraction of sp³-hybridized carbons (Fsp3) is 0.364. The number of sulfonamides is 1. The predicted octanol–water partition coefficient (Wildman–Crippen LogP) is 3.12. The minimum Gasteiger partial charge on any atom is -0.497 e. The largest absolute Gasteiger partial charge is 0.497 e. The zero-order valence-corrected chi connectivity index (χ0v) is 18.6. The number of hydrogen-bond donors (Lipinski definition) is 0. The summed E-state index contributed by atoms with van der Waals surface area (Å²) in [5.41, 5.74) is 0.546. The summed E-state index contributed by atoms with van der Waals surface area (Å²) in [7, 11) is -2.67. The molecule has 3 rings (SSSR count). The maximum Gasteiger partial charge on any atom is 0.355 e. The van der Waals surface area contributed by atoms with E-state index in [1.54, 1.807) is 19.9 Å². The molecule has 9 heteroatoms. The number of rotatable bonds is 7. The van der Waals surface area contributed by atoms with Crippen molar-refractivity contribution < 1.29 is 31.9 Å². The number of esters is 1. The third-order valence-corrected chi connectivity index (χ3v) is 6.85. The molecule has 0 fully saturated rings. The number of ether oxygens (including phenoxy) is 2. The highest BCUT2D eigenvalue weighted by atomic mass is 32.2. The standard InChI is InChI=1S/C22H25NO7S/c1-14(2)30-22(25)21-11-19(16-9-10-29-13-16)20(15(3)24)12-23(21)31(26,27)18-7-5-17(28-4)6-8-18/h5-11,13-14,19-20H,12H2,1-4H3/t19-,20-/m1/s1. The number of nitrogens with zero attached hydrogens (tertiary/aromatic N) is 1. The van der Waals surface area contributed by atoms with E-state index in [4.69, 9.17) is 13.9 Å². The third kappa shape index (κ3) is 4.66. The first-order valence-electron chi connectivity index (χ1n) is 9.77. The normalized spacial score (nSPS) is 19.1. The monoisotopic (exact) mass is 447 g/mol. The summed E-state index contributed by atoms with van der Waals surface area (Å²) < 4.78 is 43.4. The Morgan fingerprint density at radius 2 is 1.84 bits per heavy atom. The van der Waals surface area contributed by atoms with Gasteiger partial charge in [-0.3, -0.25) is 9.10 Å². The highest BCUT2D eigenvalue weighted by Crippen LogP contribution is 2.37. The minimum atomic E-state index is -4.14. The van der Waals surface area contributed by atoms with E-state index in [9.17, 15) is 18.0 Å². The van der Waals surface area contributed by atoms with Crippen molar-refractivity contribution in [1.82, 2.24) is 4.31 Å². The molecular weight excluding hydrogens is 422 g/mol. The van der Waals surface area contributed by atoms with Gasteiger partial charge < -0.3 is 13.9 Å². The molecule has 1 aliphatic heterocycles. The molecule has 0 radical (unpaired) electrons. The lowest BCUT2D eigenvalue weighted by molar-refractivity contribution is -0.144. The van der Waals surface area contributed by atoms with Crippen LogP contribution in [0.2, 0.25) is 0 Å². The van der Waals surface area contributed by atoms with Crippen LogP contribution in [-0.4, -0.2) is 44.2 Å². The molecule has 1 aliphatic rings. The van der Waals surface area contributed by atoms with Crippen molar-refractivity contribution in [3.05, 3.63) is 60.2 Å². The quantitative estimate of drug-likeness (QED) is 0.601. The molecule has 1 aromatic heterocycles. The Morgan fingerprint density at radius 1 is 1.16 bits per heavy atom. The summed E-state index contributed by atoms with van der Waals surface area (Å²) in [5.74, 6) is -1.69. The van der Waals surface area contributed by atoms with Crippen molar-refractivity contribution in [2.75, 3.05) is 13.7 Å². The lowest BCUT2D eigenvalue weighted by atomic mass is 9.82. The summed E-state index contributed by atoms with van der Waals surface area (Å²) in [6, 6.07) is 7.51. The Balaban J connectivity index is 2.12. The first-order chi connectivity index (χ1) is 14.6. The van der Waals surface area contributed by atoms with Crippen LogP contribution in [0.5, 0.6) is 5.75 Å². The average Bonchev–Trinajstić information content (AvgIpc) is 3.27. The summed E-state index contributed by atoms with van der Waals surface area (Å²) in [6.07, 6.45) is 3.98. The smallest absolute Gasteiger partial charge is 0.355 e. The summed E-state index contributed by atoms with van der Waals surface area (Å²) in [4.78, 5) is 25.3. The predicted molar refractivity (Wildman–Crippen MR) is 112 cm³/mol. The van der Waals surface area contributed by atoms with Crippen LogP contribution in [-0.2, 0) is 24.3 Å². The summed E-state index contributed by atoms with van der Waals surface area (Å²) >= 11 is 0. The number of furan rings is 1. The Hall–Kier alpha value is -3.07. The second-order valence-corrected chi connectivity index (χ2v) is 9.38. The minimum absolute atomic E-state index is 0.0272. The van der Waals surface area contributed by atoms with Crippen molar-refractivity contribution in [2.24, 2.45) is 5.92 Å². The number of Topliss-reactive ketones (excluding diaryl/α,β-unsaturated/α-hetero) is 1. The van der Waals surface area contributed by atoms with Crippen molar-refractivity contribution >= 4 is 21.8 Å². The highest BCUT2D eigenvalue weighted by molar-refractivity contribution is 7.89. The molecule has 0 amide bonds. The number of carbonyl (C=O) groups is 2. The van der Waals surface area contributed by atoms with E-state index in [0.717, 1.165) is 4.31 Å². The van der Waals surface area contributed by atoms with E-state index < -0.39 is 33.9 Å². The molecule has 0 saturated carbocycles. The molecule has 0 N–H and O–H groups in total. The fourth-order valence-corrected chi connectivity index (χ4v) is 4.97. The van der Waals surface area contributed by atoms with Crippen LogP contribution >= 0.6 is 0 Å². The zero-order valence-electron chi connectivity index (χ0n) is 17.8. The number of carbonyl (C=O) groups excluding carboxylic acids is 2. The third-order valence-electron chi connectivity index (χ3n) is 5.05. The highest BCUT2D eigenvalue weighted by Gasteiger charge is 2.42. The lowest BCUT2D eigenvalue weighted by Crippen LogP contribution is -2.44. The van der Waals surface area contributed by atoms with E-state index >= 15 is 0 Å². The van der Waals surface area contributed by atoms with Gasteiger partial charge in [0, 0.05) is 18.4 Å². The molecule has 0 saturated heterocycles. The molecule has 0 aliphatic carbocycles. The molecular formula is C22H25NO7S. The number of benzene rings is 1. The first kappa shape index (κ1) is 22.6. The van der Waals surface area contributed by atoms with Gasteiger partial charge in [-0.05, 0) is 62.7 Å². The van der Waals surface area contributed by atoms with Gasteiger partial charge in [-0.15, -0.1) is 0 Å². The molecule has 31 heavy (non-hydrogen) atoms. The molecule has 2 aromatic rings. The number of allylic oxidation sites excluding steroid dienone is 1. The SMILES string of the molecule is COc1ccc(S(=O)(=O)N2C[C@H](C(C)=O)[C@@H](c3ccoc3)C=C2C(=O)OC(C)C)cc1. The summed E-state index contributed by atoms with van der Waals surface area (Å²) in [6.45, 7) is 4.56. The van der Waals surface area contributed by atoms with Crippen molar-refractivity contribution in [1.29, 1.82) is 0 Å². The van der Waals surface area contributed by atoms with Gasteiger partial charge in [0.05, 0.1) is 30.6 Å². The zero-order chi connectivity index (χ0) is 22.8. The summed E-state index contributed by atoms with van der Waals surface area (Å²) in [5, 5.41) is 0. The van der Waals surface area contributed by atoms with Crippen molar-refractivity contribution in [2.45, 2.75) is 37.7 Å². The molecule has 0 unspecified atom stereocenters. The van der Waals surface area contributed by atoms with Crippen LogP contribution in [0.25, 0.3) is 0 Å². The second-order valence-electron chi connectivity index (χ2n) is 7.52. The Labute approximate surface area is 181 Å². The van der Waals surface area contributed by atoms with E-state index in [1.807, 2.05) is 0 Å². The van der Waals surface area contributed by atoms with E-state index in [0.29, 0.717) is 11.3 Å². The number of hydrogen-bond acceptors (Lipinski definition) is 7. The maximum atomic E-state index is 13.5. The molecule has 2 atom stereocenters. The molecule has 1 aromatic carbocycles. The van der Waals surface area contributed by atoms with Gasteiger partial charge in [0.15, 0.2) is 0 Å².